The van der Waals surface area contributed by atoms with Crippen LogP contribution >= 0.6 is 8.03 Å². The molecule has 0 saturated carbocycles. The van der Waals surface area contributed by atoms with Gasteiger partial charge in [-0.2, -0.15) is 0 Å². The van der Waals surface area contributed by atoms with Crippen LogP contribution in [0, 0.1) is 0 Å². The van der Waals surface area contributed by atoms with E-state index in [0.29, 0.717) is 6.61 Å². The fourth-order valence-corrected chi connectivity index (χ4v) is 1.99. The molecule has 2 unspecified atom stereocenters. The van der Waals surface area contributed by atoms with E-state index in [-0.39, 0.29) is 35.3 Å². The van der Waals surface area contributed by atoms with Crippen LogP contribution in [0.2, 0.25) is 0 Å². The van der Waals surface area contributed by atoms with Crippen molar-refractivity contribution in [3.8, 4) is 0 Å². The number of nitrogens with two attached hydrogens (primary N) is 2. The molecule has 0 spiro atoms. The molecule has 0 aliphatic heterocycles. The van der Waals surface area contributed by atoms with Crippen molar-refractivity contribution in [3.63, 3.8) is 0 Å². The topological polar surface area (TPSA) is 78.3 Å². The Hall–Kier alpha value is 1.11. The van der Waals surface area contributed by atoms with E-state index >= 15 is 0 Å². The fraction of sp³-hybridized carbons (Fsp3) is 1.00. The van der Waals surface area contributed by atoms with E-state index in [9.17, 15) is 4.57 Å². The molecule has 4 N–H and O–H groups in total. The number of rotatable bonds is 8. The quantitative estimate of drug-likeness (QED) is 0.366. The average molecular weight is 232 g/mol. The van der Waals surface area contributed by atoms with Crippen LogP contribution in [0.25, 0.3) is 0 Å². The van der Waals surface area contributed by atoms with Crippen LogP contribution in [0.15, 0.2) is 0 Å². The first-order chi connectivity index (χ1) is 6.22. The summed E-state index contributed by atoms with van der Waals surface area (Å²) in [6, 6.07) is 0. The minimum atomic E-state index is -2.01. The number of hydrogen-bond acceptors (Lipinski definition) is 4. The van der Waals surface area contributed by atoms with E-state index < -0.39 is 8.03 Å². The molecule has 14 heavy (non-hydrogen) atoms. The molecule has 6 heteroatoms. The summed E-state index contributed by atoms with van der Waals surface area (Å²) in [5.41, 5.74) is 11.0. The summed E-state index contributed by atoms with van der Waals surface area (Å²) >= 11 is 0. The summed E-state index contributed by atoms with van der Waals surface area (Å²) in [7, 11) is -2.01. The second-order valence-corrected chi connectivity index (χ2v) is 4.66. The van der Waals surface area contributed by atoms with Gasteiger partial charge >= 0.3 is 29.6 Å². The molecular formula is C8H22N2NaO2P. The Morgan fingerprint density at radius 2 is 2.00 bits per heavy atom. The van der Waals surface area contributed by atoms with Crippen molar-refractivity contribution in [2.75, 3.05) is 13.2 Å². The molecule has 0 aromatic carbocycles. The van der Waals surface area contributed by atoms with E-state index in [0.717, 1.165) is 32.2 Å². The van der Waals surface area contributed by atoms with Crippen LogP contribution in [0.1, 0.15) is 32.6 Å². The maximum atomic E-state index is 11.2. The van der Waals surface area contributed by atoms with Gasteiger partial charge in [0.15, 0.2) is 0 Å². The summed E-state index contributed by atoms with van der Waals surface area (Å²) in [6.45, 7) is 3.02. The molecule has 4 nitrogen and oxygen atoms in total. The van der Waals surface area contributed by atoms with Crippen LogP contribution in [0.3, 0.4) is 0 Å². The summed E-state index contributed by atoms with van der Waals surface area (Å²) in [4.78, 5) is 0. The minimum absolute atomic E-state index is 0. The Morgan fingerprint density at radius 1 is 1.36 bits per heavy atom. The summed E-state index contributed by atoms with van der Waals surface area (Å²) in [5.74, 6) is -0.275. The van der Waals surface area contributed by atoms with E-state index in [2.05, 4.69) is 0 Å². The van der Waals surface area contributed by atoms with Gasteiger partial charge in [0.25, 0.3) is 0 Å². The van der Waals surface area contributed by atoms with Crippen LogP contribution < -0.4 is 11.5 Å². The molecule has 0 aromatic rings. The molecule has 0 heterocycles. The Morgan fingerprint density at radius 3 is 2.50 bits per heavy atom. The Balaban J connectivity index is 0. The Labute approximate surface area is 109 Å². The molecular weight excluding hydrogens is 210 g/mol. The zero-order chi connectivity index (χ0) is 10.1. The van der Waals surface area contributed by atoms with E-state index in [1.807, 2.05) is 6.92 Å². The van der Waals surface area contributed by atoms with E-state index in [1.54, 1.807) is 0 Å². The van der Waals surface area contributed by atoms with Crippen molar-refractivity contribution in [2.24, 2.45) is 11.5 Å². The zero-order valence-electron chi connectivity index (χ0n) is 8.29. The second-order valence-electron chi connectivity index (χ2n) is 3.00. The van der Waals surface area contributed by atoms with Gasteiger partial charge in [0.1, 0.15) is 0 Å². The van der Waals surface area contributed by atoms with Crippen molar-refractivity contribution in [3.05, 3.63) is 0 Å². The Kier molecular flexibility index (Phi) is 15.2. The number of hydrogen-bond donors (Lipinski definition) is 2. The van der Waals surface area contributed by atoms with Gasteiger partial charge in [0, 0.05) is 0 Å². The van der Waals surface area contributed by atoms with Gasteiger partial charge in [-0.05, 0) is 26.3 Å². The van der Waals surface area contributed by atoms with Gasteiger partial charge in [-0.1, -0.05) is 12.8 Å². The van der Waals surface area contributed by atoms with Crippen molar-refractivity contribution in [2.45, 2.75) is 38.4 Å². The van der Waals surface area contributed by atoms with Crippen molar-refractivity contribution < 1.29 is 9.09 Å². The first kappa shape index (κ1) is 17.5. The van der Waals surface area contributed by atoms with E-state index in [1.165, 1.54) is 0 Å². The summed E-state index contributed by atoms with van der Waals surface area (Å²) in [5, 5.41) is 0. The molecule has 0 radical (unpaired) electrons. The summed E-state index contributed by atoms with van der Waals surface area (Å²) < 4.78 is 16.2. The maximum absolute atomic E-state index is 11.2. The molecule has 0 rings (SSSR count). The fourth-order valence-electron chi connectivity index (χ4n) is 1.05. The molecule has 0 aromatic heterocycles. The normalized spacial score (nSPS) is 14.5. The van der Waals surface area contributed by atoms with Crippen molar-refractivity contribution in [1.82, 2.24) is 0 Å². The average Bonchev–Trinajstić information content (AvgIpc) is 2.12. The molecule has 0 bridgehead atoms. The first-order valence-corrected chi connectivity index (χ1v) is 6.24. The van der Waals surface area contributed by atoms with Crippen LogP contribution in [0.5, 0.6) is 0 Å². The third-order valence-corrected chi connectivity index (χ3v) is 3.28. The SMILES string of the molecule is CCO[PH](=O)C(N)CCCCCN.[NaH]. The van der Waals surface area contributed by atoms with Gasteiger partial charge in [0.2, 0.25) is 8.03 Å². The second kappa shape index (κ2) is 12.2. The number of unbranched alkanes of at least 4 members (excludes halogenated alkanes) is 2. The third-order valence-electron chi connectivity index (χ3n) is 1.81. The predicted molar refractivity (Wildman–Crippen MR) is 63.3 cm³/mol. The van der Waals surface area contributed by atoms with Crippen LogP contribution in [-0.4, -0.2) is 48.5 Å². The van der Waals surface area contributed by atoms with Crippen molar-refractivity contribution >= 4 is 37.6 Å². The molecule has 0 aliphatic rings. The Bertz CT molecular complexity index is 149. The molecule has 0 fully saturated rings. The molecule has 82 valence electrons. The molecule has 0 saturated heterocycles. The zero-order valence-corrected chi connectivity index (χ0v) is 9.29. The summed E-state index contributed by atoms with van der Waals surface area (Å²) in [6.07, 6.45) is 3.84. The van der Waals surface area contributed by atoms with Gasteiger partial charge < -0.3 is 16.0 Å². The molecule has 0 amide bonds. The van der Waals surface area contributed by atoms with Crippen molar-refractivity contribution in [1.29, 1.82) is 0 Å². The van der Waals surface area contributed by atoms with Gasteiger partial charge in [-0.15, -0.1) is 0 Å². The third kappa shape index (κ3) is 9.66. The van der Waals surface area contributed by atoms with Gasteiger partial charge in [-0.3, -0.25) is 4.57 Å². The molecule has 0 aliphatic carbocycles. The van der Waals surface area contributed by atoms with Gasteiger partial charge in [0.05, 0.1) is 12.4 Å². The monoisotopic (exact) mass is 232 g/mol. The van der Waals surface area contributed by atoms with Crippen LogP contribution in [-0.2, 0) is 9.09 Å². The molecule has 2 atom stereocenters. The van der Waals surface area contributed by atoms with Crippen LogP contribution in [0.4, 0.5) is 0 Å². The van der Waals surface area contributed by atoms with E-state index in [4.69, 9.17) is 16.0 Å². The standard InChI is InChI=1S/C8H21N2O2P.Na.H/c1-2-12-13(11)8(10)6-4-3-5-7-9;;/h8,13H,2-7,9-10H2,1H3;;. The predicted octanol–water partition coefficient (Wildman–Crippen LogP) is 0.653. The van der Waals surface area contributed by atoms with Gasteiger partial charge in [-0.25, -0.2) is 0 Å². The first-order valence-electron chi connectivity index (χ1n) is 4.84.